The molecule has 0 saturated heterocycles. The molecule has 1 atom stereocenters. The first-order chi connectivity index (χ1) is 11.6. The number of hydrogen-bond donors (Lipinski definition) is 1. The van der Waals surface area contributed by atoms with Crippen LogP contribution in [0.15, 0.2) is 34.7 Å². The molecule has 4 nitrogen and oxygen atoms in total. The van der Waals surface area contributed by atoms with Gasteiger partial charge in [0.25, 0.3) is 5.91 Å². The van der Waals surface area contributed by atoms with E-state index in [4.69, 9.17) is 4.42 Å². The van der Waals surface area contributed by atoms with Gasteiger partial charge < -0.3 is 9.73 Å². The minimum absolute atomic E-state index is 0.0792. The Hall–Kier alpha value is -2.14. The van der Waals surface area contributed by atoms with E-state index in [1.165, 1.54) is 6.07 Å². The molecule has 1 heterocycles. The molecule has 128 valence electrons. The van der Waals surface area contributed by atoms with Crippen LogP contribution in [0.3, 0.4) is 0 Å². The number of amides is 1. The van der Waals surface area contributed by atoms with E-state index in [-0.39, 0.29) is 17.8 Å². The van der Waals surface area contributed by atoms with E-state index in [0.717, 1.165) is 42.8 Å². The summed E-state index contributed by atoms with van der Waals surface area (Å²) in [6.45, 7) is 6.77. The average Bonchev–Trinajstić information content (AvgIpc) is 3.19. The maximum atomic E-state index is 13.3. The maximum absolute atomic E-state index is 13.3. The Morgan fingerprint density at radius 1 is 1.29 bits per heavy atom. The van der Waals surface area contributed by atoms with Gasteiger partial charge in [-0.3, -0.25) is 9.69 Å². The van der Waals surface area contributed by atoms with Crippen molar-refractivity contribution in [1.82, 2.24) is 10.2 Å². The second kappa shape index (κ2) is 7.18. The summed E-state index contributed by atoms with van der Waals surface area (Å²) in [7, 11) is 0. The lowest BCUT2D eigenvalue weighted by Crippen LogP contribution is -2.26. The lowest BCUT2D eigenvalue weighted by Gasteiger charge is -2.16. The first kappa shape index (κ1) is 16.7. The van der Waals surface area contributed by atoms with Crippen molar-refractivity contribution in [2.75, 3.05) is 13.1 Å². The highest BCUT2D eigenvalue weighted by atomic mass is 19.1. The van der Waals surface area contributed by atoms with Crippen molar-refractivity contribution in [3.8, 4) is 0 Å². The molecule has 1 amide bonds. The zero-order chi connectivity index (χ0) is 17.1. The van der Waals surface area contributed by atoms with E-state index in [1.807, 2.05) is 6.07 Å². The van der Waals surface area contributed by atoms with Crippen LogP contribution in [0.2, 0.25) is 0 Å². The number of nitrogens with one attached hydrogen (secondary N) is 1. The summed E-state index contributed by atoms with van der Waals surface area (Å²) >= 11 is 0. The number of carbonyl (C=O) groups excluding carboxylic acids is 1. The monoisotopic (exact) mass is 330 g/mol. The van der Waals surface area contributed by atoms with Crippen LogP contribution in [0.25, 0.3) is 0 Å². The fourth-order valence-electron chi connectivity index (χ4n) is 3.22. The predicted molar refractivity (Wildman–Crippen MR) is 90.3 cm³/mol. The number of hydrogen-bond acceptors (Lipinski definition) is 3. The Balaban J connectivity index is 1.65. The third-order valence-electron chi connectivity index (χ3n) is 4.65. The summed E-state index contributed by atoms with van der Waals surface area (Å²) < 4.78 is 19.0. The number of rotatable bonds is 6. The van der Waals surface area contributed by atoms with Crippen LogP contribution in [-0.4, -0.2) is 23.9 Å². The zero-order valence-corrected chi connectivity index (χ0v) is 14.1. The van der Waals surface area contributed by atoms with Crippen LogP contribution < -0.4 is 5.32 Å². The van der Waals surface area contributed by atoms with E-state index in [9.17, 15) is 9.18 Å². The van der Waals surface area contributed by atoms with Gasteiger partial charge in [0.2, 0.25) is 0 Å². The Labute approximate surface area is 141 Å². The number of carbonyl (C=O) groups is 1. The van der Waals surface area contributed by atoms with Crippen molar-refractivity contribution in [3.05, 3.63) is 58.8 Å². The summed E-state index contributed by atoms with van der Waals surface area (Å²) in [5.74, 6) is 0.668. The van der Waals surface area contributed by atoms with Crippen LogP contribution in [0.4, 0.5) is 4.39 Å². The van der Waals surface area contributed by atoms with Crippen molar-refractivity contribution in [2.24, 2.45) is 0 Å². The third kappa shape index (κ3) is 3.51. The van der Waals surface area contributed by atoms with Gasteiger partial charge >= 0.3 is 0 Å². The highest BCUT2D eigenvalue weighted by Gasteiger charge is 2.25. The Kier molecular flexibility index (Phi) is 5.00. The fourth-order valence-corrected chi connectivity index (χ4v) is 3.22. The lowest BCUT2D eigenvalue weighted by atomic mass is 10.1. The molecule has 0 saturated carbocycles. The molecule has 3 rings (SSSR count). The summed E-state index contributed by atoms with van der Waals surface area (Å²) in [6.07, 6.45) is 1.57. The van der Waals surface area contributed by atoms with Crippen LogP contribution >= 0.6 is 0 Å². The first-order valence-electron chi connectivity index (χ1n) is 8.51. The Bertz CT molecular complexity index is 722. The predicted octanol–water partition coefficient (Wildman–Crippen LogP) is 3.68. The smallest absolute Gasteiger partial charge is 0.287 e. The van der Waals surface area contributed by atoms with Gasteiger partial charge in [-0.1, -0.05) is 19.9 Å². The van der Waals surface area contributed by atoms with Gasteiger partial charge in [-0.05, 0) is 61.3 Å². The molecule has 0 spiro atoms. The first-order valence-corrected chi connectivity index (χ1v) is 8.51. The van der Waals surface area contributed by atoms with E-state index in [1.54, 1.807) is 18.2 Å². The second-order valence-corrected chi connectivity index (χ2v) is 6.14. The molecule has 1 aliphatic rings. The quantitative estimate of drug-likeness (QED) is 0.879. The minimum atomic E-state index is -0.229. The molecule has 1 aromatic heterocycles. The summed E-state index contributed by atoms with van der Waals surface area (Å²) in [5.41, 5.74) is 1.97. The van der Waals surface area contributed by atoms with Gasteiger partial charge in [0, 0.05) is 0 Å². The molecule has 0 fully saturated rings. The van der Waals surface area contributed by atoms with Gasteiger partial charge in [-0.2, -0.15) is 0 Å². The number of nitrogens with zero attached hydrogens (tertiary/aromatic N) is 1. The summed E-state index contributed by atoms with van der Waals surface area (Å²) in [6, 6.07) is 8.25. The molecule has 5 heteroatoms. The molecule has 1 aromatic carbocycles. The van der Waals surface area contributed by atoms with Gasteiger partial charge in [0.05, 0.1) is 12.6 Å². The number of benzene rings is 1. The van der Waals surface area contributed by atoms with E-state index in [2.05, 4.69) is 24.1 Å². The molecule has 1 aliphatic carbocycles. The van der Waals surface area contributed by atoms with Gasteiger partial charge in [0.15, 0.2) is 5.76 Å². The molecule has 0 bridgehead atoms. The standard InChI is InChI=1S/C19H23FN2O2/c1-3-22(4-2)12-15-7-10-18(24-15)19(23)21-17-9-5-13-11-14(20)6-8-16(13)17/h6-8,10-11,17H,3-5,9,12H2,1-2H3,(H,21,23)/t17-/m0/s1. The van der Waals surface area contributed by atoms with Crippen LogP contribution in [-0.2, 0) is 13.0 Å². The highest BCUT2D eigenvalue weighted by molar-refractivity contribution is 5.91. The molecular formula is C19H23FN2O2. The molecule has 24 heavy (non-hydrogen) atoms. The number of aryl methyl sites for hydroxylation is 1. The molecule has 0 radical (unpaired) electrons. The SMILES string of the molecule is CCN(CC)Cc1ccc(C(=O)N[C@H]2CCc3cc(F)ccc32)o1. The van der Waals surface area contributed by atoms with Crippen molar-refractivity contribution in [3.63, 3.8) is 0 Å². The van der Waals surface area contributed by atoms with Crippen molar-refractivity contribution >= 4 is 5.91 Å². The van der Waals surface area contributed by atoms with Crippen LogP contribution in [0.5, 0.6) is 0 Å². The van der Waals surface area contributed by atoms with Crippen molar-refractivity contribution in [1.29, 1.82) is 0 Å². The summed E-state index contributed by atoms with van der Waals surface area (Å²) in [5, 5.41) is 3.00. The van der Waals surface area contributed by atoms with Crippen LogP contribution in [0, 0.1) is 5.82 Å². The molecule has 1 N–H and O–H groups in total. The van der Waals surface area contributed by atoms with E-state index < -0.39 is 0 Å². The number of furan rings is 1. The fraction of sp³-hybridized carbons (Fsp3) is 0.421. The van der Waals surface area contributed by atoms with Gasteiger partial charge in [0.1, 0.15) is 11.6 Å². The van der Waals surface area contributed by atoms with E-state index >= 15 is 0 Å². The highest BCUT2D eigenvalue weighted by Crippen LogP contribution is 2.31. The maximum Gasteiger partial charge on any atom is 0.287 e. The minimum Gasteiger partial charge on any atom is -0.455 e. The average molecular weight is 330 g/mol. The topological polar surface area (TPSA) is 45.5 Å². The zero-order valence-electron chi connectivity index (χ0n) is 14.1. The largest absolute Gasteiger partial charge is 0.455 e. The van der Waals surface area contributed by atoms with Crippen molar-refractivity contribution < 1.29 is 13.6 Å². The van der Waals surface area contributed by atoms with E-state index in [0.29, 0.717) is 12.3 Å². The third-order valence-corrected chi connectivity index (χ3v) is 4.65. The normalized spacial score (nSPS) is 16.4. The molecule has 0 unspecified atom stereocenters. The van der Waals surface area contributed by atoms with Crippen LogP contribution in [0.1, 0.15) is 53.8 Å². The van der Waals surface area contributed by atoms with Crippen molar-refractivity contribution in [2.45, 2.75) is 39.3 Å². The molecule has 2 aromatic rings. The van der Waals surface area contributed by atoms with Gasteiger partial charge in [-0.15, -0.1) is 0 Å². The lowest BCUT2D eigenvalue weighted by molar-refractivity contribution is 0.0905. The Morgan fingerprint density at radius 2 is 2.08 bits per heavy atom. The number of halogens is 1. The molecular weight excluding hydrogens is 307 g/mol. The second-order valence-electron chi connectivity index (χ2n) is 6.14. The summed E-state index contributed by atoms with van der Waals surface area (Å²) in [4.78, 5) is 14.6. The van der Waals surface area contributed by atoms with Gasteiger partial charge in [-0.25, -0.2) is 4.39 Å². The Morgan fingerprint density at radius 3 is 2.83 bits per heavy atom. The number of fused-ring (bicyclic) bond motifs is 1. The molecule has 0 aliphatic heterocycles.